The van der Waals surface area contributed by atoms with Crippen LogP contribution >= 0.6 is 0 Å². The maximum atomic E-state index is 12.7. The molecule has 0 bridgehead atoms. The van der Waals surface area contributed by atoms with Gasteiger partial charge in [0, 0.05) is 30.8 Å². The number of hydrogen-bond acceptors (Lipinski definition) is 6. The number of aliphatic carboxylic acids is 1. The average Bonchev–Trinajstić information content (AvgIpc) is 2.86. The molecule has 0 saturated carbocycles. The lowest BCUT2D eigenvalue weighted by atomic mass is 10.00. The summed E-state index contributed by atoms with van der Waals surface area (Å²) in [4.78, 5) is 36.2. The van der Waals surface area contributed by atoms with Gasteiger partial charge in [0.15, 0.2) is 5.78 Å². The third-order valence-electron chi connectivity index (χ3n) is 5.64. The summed E-state index contributed by atoms with van der Waals surface area (Å²) in [6.45, 7) is 1.74. The average molecular weight is 466 g/mol. The molecule has 34 heavy (non-hydrogen) atoms. The number of nitrogens with two attached hydrogens (primary N) is 1. The van der Waals surface area contributed by atoms with Gasteiger partial charge in [0.25, 0.3) is 0 Å². The molecule has 5 N–H and O–H groups in total. The highest BCUT2D eigenvalue weighted by atomic mass is 16.5. The molecule has 3 atom stereocenters. The molecule has 1 saturated heterocycles. The first kappa shape index (κ1) is 25.3. The van der Waals surface area contributed by atoms with Crippen molar-refractivity contribution in [1.29, 1.82) is 0 Å². The van der Waals surface area contributed by atoms with Gasteiger partial charge in [-0.05, 0) is 30.4 Å². The minimum absolute atomic E-state index is 0.0766. The Hall–Kier alpha value is -3.33. The Bertz CT molecular complexity index is 985. The van der Waals surface area contributed by atoms with Gasteiger partial charge in [-0.3, -0.25) is 9.59 Å². The molecule has 8 heteroatoms. The standard InChI is InChI=1S/C26H31N3O5/c27-22(16-19-6-9-20(10-7-19)25(32)23-17-28-14-15-34-23)26(33)29-21(12-13-24(30)31)11-8-18-4-2-1-3-5-18/h1-7,9-10,12-13,21-23,28H,8,11,14-17,27H2,(H,29,33)(H,30,31)/t21-,22-,23?/m0/s1. The van der Waals surface area contributed by atoms with Gasteiger partial charge < -0.3 is 26.2 Å². The summed E-state index contributed by atoms with van der Waals surface area (Å²) in [6, 6.07) is 15.5. The molecule has 8 nitrogen and oxygen atoms in total. The van der Waals surface area contributed by atoms with Crippen LogP contribution < -0.4 is 16.4 Å². The number of morpholine rings is 1. The van der Waals surface area contributed by atoms with Gasteiger partial charge in [-0.2, -0.15) is 0 Å². The van der Waals surface area contributed by atoms with Gasteiger partial charge >= 0.3 is 5.97 Å². The number of ketones is 1. The quantitative estimate of drug-likeness (QED) is 0.292. The van der Waals surface area contributed by atoms with Crippen molar-refractivity contribution in [3.8, 4) is 0 Å². The Balaban J connectivity index is 1.55. The molecule has 180 valence electrons. The van der Waals surface area contributed by atoms with Crippen molar-refractivity contribution in [2.24, 2.45) is 5.73 Å². The van der Waals surface area contributed by atoms with Crippen LogP contribution in [-0.2, 0) is 27.2 Å². The third kappa shape index (κ3) is 7.91. The number of benzene rings is 2. The van der Waals surface area contributed by atoms with E-state index < -0.39 is 24.2 Å². The van der Waals surface area contributed by atoms with Crippen LogP contribution in [0.5, 0.6) is 0 Å². The number of hydrogen-bond donors (Lipinski definition) is 4. The zero-order valence-corrected chi connectivity index (χ0v) is 19.0. The molecule has 1 amide bonds. The van der Waals surface area contributed by atoms with Crippen molar-refractivity contribution in [2.75, 3.05) is 19.7 Å². The summed E-state index contributed by atoms with van der Waals surface area (Å²) in [5.74, 6) is -1.52. The fourth-order valence-electron chi connectivity index (χ4n) is 3.74. The minimum Gasteiger partial charge on any atom is -0.478 e. The Kier molecular flexibility index (Phi) is 9.51. The number of carbonyl (C=O) groups is 3. The van der Waals surface area contributed by atoms with Crippen LogP contribution in [0.3, 0.4) is 0 Å². The van der Waals surface area contributed by atoms with Crippen LogP contribution in [0.15, 0.2) is 66.7 Å². The summed E-state index contributed by atoms with van der Waals surface area (Å²) in [6.07, 6.45) is 3.53. The number of amides is 1. The number of nitrogens with one attached hydrogen (secondary N) is 2. The summed E-state index contributed by atoms with van der Waals surface area (Å²) in [7, 11) is 0. The predicted octanol–water partition coefficient (Wildman–Crippen LogP) is 1.49. The predicted molar refractivity (Wildman–Crippen MR) is 129 cm³/mol. The lowest BCUT2D eigenvalue weighted by Crippen LogP contribution is -2.46. The largest absolute Gasteiger partial charge is 0.478 e. The highest BCUT2D eigenvalue weighted by molar-refractivity contribution is 5.99. The molecule has 1 unspecified atom stereocenters. The van der Waals surface area contributed by atoms with Crippen molar-refractivity contribution < 1.29 is 24.2 Å². The van der Waals surface area contributed by atoms with E-state index in [1.54, 1.807) is 24.3 Å². The second kappa shape index (κ2) is 12.8. The van der Waals surface area contributed by atoms with Crippen molar-refractivity contribution in [1.82, 2.24) is 10.6 Å². The number of rotatable bonds is 11. The van der Waals surface area contributed by atoms with Gasteiger partial charge in [0.1, 0.15) is 6.10 Å². The summed E-state index contributed by atoms with van der Waals surface area (Å²) < 4.78 is 5.51. The fourth-order valence-corrected chi connectivity index (χ4v) is 3.74. The number of carbonyl (C=O) groups excluding carboxylic acids is 2. The number of ether oxygens (including phenoxy) is 1. The smallest absolute Gasteiger partial charge is 0.328 e. The highest BCUT2D eigenvalue weighted by Crippen LogP contribution is 2.12. The van der Waals surface area contributed by atoms with E-state index in [0.717, 1.165) is 23.7 Å². The molecular formula is C26H31N3O5. The van der Waals surface area contributed by atoms with Gasteiger partial charge in [-0.15, -0.1) is 0 Å². The lowest BCUT2D eigenvalue weighted by molar-refractivity contribution is -0.131. The molecule has 0 radical (unpaired) electrons. The van der Waals surface area contributed by atoms with Crippen LogP contribution in [0.4, 0.5) is 0 Å². The molecule has 1 fully saturated rings. The monoisotopic (exact) mass is 465 g/mol. The summed E-state index contributed by atoms with van der Waals surface area (Å²) >= 11 is 0. The Morgan fingerprint density at radius 2 is 1.85 bits per heavy atom. The Morgan fingerprint density at radius 3 is 2.50 bits per heavy atom. The van der Waals surface area contributed by atoms with Crippen molar-refractivity contribution in [3.05, 3.63) is 83.4 Å². The summed E-state index contributed by atoms with van der Waals surface area (Å²) in [5, 5.41) is 15.0. The molecule has 1 heterocycles. The molecule has 0 spiro atoms. The first-order valence-corrected chi connectivity index (χ1v) is 11.4. The van der Waals surface area contributed by atoms with Crippen LogP contribution in [0.2, 0.25) is 0 Å². The topological polar surface area (TPSA) is 131 Å². The number of aryl methyl sites for hydroxylation is 1. The minimum atomic E-state index is -1.08. The highest BCUT2D eigenvalue weighted by Gasteiger charge is 2.23. The molecule has 1 aliphatic rings. The van der Waals surface area contributed by atoms with Gasteiger partial charge in [0.05, 0.1) is 12.6 Å². The van der Waals surface area contributed by atoms with Crippen LogP contribution in [0, 0.1) is 0 Å². The molecule has 0 aromatic heterocycles. The maximum absolute atomic E-state index is 12.7. The van der Waals surface area contributed by atoms with Crippen molar-refractivity contribution >= 4 is 17.7 Å². The molecule has 1 aliphatic heterocycles. The number of carboxylic acid groups (broad SMARTS) is 1. The summed E-state index contributed by atoms with van der Waals surface area (Å²) in [5.41, 5.74) is 8.60. The zero-order valence-electron chi connectivity index (χ0n) is 19.0. The number of Topliss-reactive ketones (excluding diaryl/α,β-unsaturated/α-hetero) is 1. The van der Waals surface area contributed by atoms with Crippen LogP contribution in [0.25, 0.3) is 0 Å². The van der Waals surface area contributed by atoms with E-state index in [2.05, 4.69) is 10.6 Å². The normalized spacial score (nSPS) is 17.7. The molecule has 2 aromatic rings. The van der Waals surface area contributed by atoms with E-state index in [0.29, 0.717) is 31.6 Å². The van der Waals surface area contributed by atoms with E-state index in [-0.39, 0.29) is 18.1 Å². The first-order valence-electron chi connectivity index (χ1n) is 11.4. The second-order valence-electron chi connectivity index (χ2n) is 8.27. The zero-order chi connectivity index (χ0) is 24.3. The molecule has 2 aromatic carbocycles. The van der Waals surface area contributed by atoms with E-state index in [9.17, 15) is 14.4 Å². The Morgan fingerprint density at radius 1 is 1.12 bits per heavy atom. The first-order chi connectivity index (χ1) is 16.4. The maximum Gasteiger partial charge on any atom is 0.328 e. The SMILES string of the molecule is N[C@@H](Cc1ccc(C(=O)C2CNCCO2)cc1)C(=O)N[C@H](C=CC(=O)O)CCc1ccccc1. The van der Waals surface area contributed by atoms with Gasteiger partial charge in [-0.1, -0.05) is 60.7 Å². The van der Waals surface area contributed by atoms with E-state index >= 15 is 0 Å². The van der Waals surface area contributed by atoms with Gasteiger partial charge in [-0.25, -0.2) is 4.79 Å². The van der Waals surface area contributed by atoms with Crippen LogP contribution in [0.1, 0.15) is 27.9 Å². The van der Waals surface area contributed by atoms with E-state index in [1.807, 2.05) is 30.3 Å². The number of carboxylic acids is 1. The molecule has 0 aliphatic carbocycles. The van der Waals surface area contributed by atoms with Crippen LogP contribution in [-0.4, -0.2) is 60.7 Å². The fraction of sp³-hybridized carbons (Fsp3) is 0.346. The second-order valence-corrected chi connectivity index (χ2v) is 8.27. The Labute approximate surface area is 199 Å². The lowest BCUT2D eigenvalue weighted by Gasteiger charge is -2.22. The molecule has 3 rings (SSSR count). The molecular weight excluding hydrogens is 434 g/mol. The van der Waals surface area contributed by atoms with Crippen molar-refractivity contribution in [2.45, 2.75) is 37.5 Å². The van der Waals surface area contributed by atoms with Crippen molar-refractivity contribution in [3.63, 3.8) is 0 Å². The van der Waals surface area contributed by atoms with E-state index in [4.69, 9.17) is 15.6 Å². The van der Waals surface area contributed by atoms with Gasteiger partial charge in [0.2, 0.25) is 5.91 Å². The third-order valence-corrected chi connectivity index (χ3v) is 5.64. The van der Waals surface area contributed by atoms with E-state index in [1.165, 1.54) is 6.08 Å².